The molecule has 0 unspecified atom stereocenters. The first-order valence-electron chi connectivity index (χ1n) is 12.3. The van der Waals surface area contributed by atoms with Crippen LogP contribution in [-0.4, -0.2) is 24.2 Å². The van der Waals surface area contributed by atoms with E-state index < -0.39 is 6.04 Å². The van der Waals surface area contributed by atoms with E-state index >= 15 is 0 Å². The number of halogens is 1. The fraction of sp³-hybridized carbons (Fsp3) is 0.167. The number of allylic oxidation sites excluding steroid dienone is 1. The molecule has 1 aromatic heterocycles. The Kier molecular flexibility index (Phi) is 7.67. The fourth-order valence-corrected chi connectivity index (χ4v) is 5.71. The molecule has 2 heterocycles. The molecule has 198 valence electrons. The summed E-state index contributed by atoms with van der Waals surface area (Å²) in [4.78, 5) is 32.8. The second-order valence-corrected chi connectivity index (χ2v) is 10.2. The molecule has 0 radical (unpaired) electrons. The molecule has 1 atom stereocenters. The van der Waals surface area contributed by atoms with E-state index in [0.29, 0.717) is 55.0 Å². The van der Waals surface area contributed by atoms with Crippen molar-refractivity contribution in [3.05, 3.63) is 120 Å². The first-order valence-corrected chi connectivity index (χ1v) is 13.5. The van der Waals surface area contributed by atoms with Gasteiger partial charge in [-0.05, 0) is 68.0 Å². The van der Waals surface area contributed by atoms with Crippen LogP contribution >= 0.6 is 22.9 Å². The van der Waals surface area contributed by atoms with E-state index in [-0.39, 0.29) is 11.5 Å². The van der Waals surface area contributed by atoms with E-state index in [1.54, 1.807) is 42.9 Å². The molecule has 1 aliphatic heterocycles. The summed E-state index contributed by atoms with van der Waals surface area (Å²) in [5.41, 5.74) is 2.76. The van der Waals surface area contributed by atoms with E-state index in [1.807, 2.05) is 61.5 Å². The lowest BCUT2D eigenvalue weighted by Gasteiger charge is -2.25. The second kappa shape index (κ2) is 11.3. The lowest BCUT2D eigenvalue weighted by Crippen LogP contribution is -2.40. The first-order chi connectivity index (χ1) is 18.9. The largest absolute Gasteiger partial charge is 0.497 e. The third-order valence-electron chi connectivity index (χ3n) is 6.29. The van der Waals surface area contributed by atoms with E-state index in [1.165, 1.54) is 11.3 Å². The molecule has 7 nitrogen and oxygen atoms in total. The number of methoxy groups -OCH3 is 1. The predicted octanol–water partition coefficient (Wildman–Crippen LogP) is 4.93. The van der Waals surface area contributed by atoms with Gasteiger partial charge in [0.2, 0.25) is 0 Å². The molecule has 0 saturated heterocycles. The smallest absolute Gasteiger partial charge is 0.271 e. The second-order valence-electron chi connectivity index (χ2n) is 8.79. The SMILES string of the molecule is CCOc1ccc(Cl)cc1/C=c1/sc2n(c1=O)[C@@H](c1ccc(OC)cc1)C(C(=O)Nc1ccccc1)=C(C)N=2. The maximum atomic E-state index is 13.9. The number of aromatic nitrogens is 1. The van der Waals surface area contributed by atoms with Gasteiger partial charge in [0.1, 0.15) is 11.5 Å². The van der Waals surface area contributed by atoms with Crippen LogP contribution in [0.4, 0.5) is 5.69 Å². The lowest BCUT2D eigenvalue weighted by molar-refractivity contribution is -0.113. The molecule has 0 spiro atoms. The number of benzene rings is 3. The number of carbonyl (C=O) groups excluding carboxylic acids is 1. The highest BCUT2D eigenvalue weighted by molar-refractivity contribution is 7.07. The number of carbonyl (C=O) groups is 1. The number of hydrogen-bond donors (Lipinski definition) is 1. The lowest BCUT2D eigenvalue weighted by atomic mass is 9.95. The van der Waals surface area contributed by atoms with Crippen molar-refractivity contribution in [3.63, 3.8) is 0 Å². The molecule has 1 N–H and O–H groups in total. The molecule has 4 aromatic rings. The number of hydrogen-bond acceptors (Lipinski definition) is 6. The number of anilines is 1. The number of fused-ring (bicyclic) bond motifs is 1. The molecule has 39 heavy (non-hydrogen) atoms. The number of rotatable bonds is 7. The van der Waals surface area contributed by atoms with Crippen LogP contribution in [0.2, 0.25) is 5.02 Å². The Morgan fingerprint density at radius 3 is 2.56 bits per heavy atom. The Bertz CT molecular complexity index is 1740. The summed E-state index contributed by atoms with van der Waals surface area (Å²) in [5.74, 6) is 0.969. The van der Waals surface area contributed by atoms with Crippen LogP contribution in [0.1, 0.15) is 31.0 Å². The number of ether oxygens (including phenoxy) is 2. The zero-order valence-electron chi connectivity index (χ0n) is 21.6. The number of nitrogens with zero attached hydrogens (tertiary/aromatic N) is 2. The van der Waals surface area contributed by atoms with Crippen molar-refractivity contribution >= 4 is 40.6 Å². The van der Waals surface area contributed by atoms with Crippen LogP contribution in [0, 0.1) is 0 Å². The number of nitrogens with one attached hydrogen (secondary N) is 1. The van der Waals surface area contributed by atoms with E-state index in [4.69, 9.17) is 26.1 Å². The highest BCUT2D eigenvalue weighted by Gasteiger charge is 2.32. The standard InChI is InChI=1S/C30H26ClN3O4S/c1-4-38-24-15-12-21(31)16-20(24)17-25-29(36)34-27(19-10-13-23(37-3)14-11-19)26(18(2)32-30(34)39-25)28(35)33-22-8-6-5-7-9-22/h5-17,27H,4H2,1-3H3,(H,33,35)/b25-17+/t27-/m0/s1. The van der Waals surface area contributed by atoms with Gasteiger partial charge in [-0.1, -0.05) is 53.3 Å². The summed E-state index contributed by atoms with van der Waals surface area (Å²) in [5, 5.41) is 3.49. The Balaban J connectivity index is 1.68. The summed E-state index contributed by atoms with van der Waals surface area (Å²) in [6.45, 7) is 4.16. The molecule has 0 aliphatic carbocycles. The van der Waals surface area contributed by atoms with Crippen molar-refractivity contribution in [1.82, 2.24) is 4.57 Å². The Morgan fingerprint density at radius 2 is 1.87 bits per heavy atom. The molecule has 5 rings (SSSR count). The molecule has 1 aliphatic rings. The van der Waals surface area contributed by atoms with Crippen LogP contribution in [-0.2, 0) is 4.79 Å². The molecular formula is C30H26ClN3O4S. The van der Waals surface area contributed by atoms with Gasteiger partial charge in [0, 0.05) is 16.3 Å². The van der Waals surface area contributed by atoms with Crippen LogP contribution in [0.15, 0.2) is 93.9 Å². The molecule has 3 aromatic carbocycles. The van der Waals surface area contributed by atoms with Gasteiger partial charge in [-0.15, -0.1) is 0 Å². The summed E-state index contributed by atoms with van der Waals surface area (Å²) < 4.78 is 13.1. The van der Waals surface area contributed by atoms with Crippen LogP contribution in [0.5, 0.6) is 11.5 Å². The highest BCUT2D eigenvalue weighted by Crippen LogP contribution is 2.32. The Hall–Kier alpha value is -4.14. The van der Waals surface area contributed by atoms with Crippen molar-refractivity contribution in [2.45, 2.75) is 19.9 Å². The first kappa shape index (κ1) is 26.5. The zero-order chi connectivity index (χ0) is 27.5. The predicted molar refractivity (Wildman–Crippen MR) is 154 cm³/mol. The topological polar surface area (TPSA) is 81.9 Å². The minimum Gasteiger partial charge on any atom is -0.497 e. The zero-order valence-corrected chi connectivity index (χ0v) is 23.2. The van der Waals surface area contributed by atoms with Gasteiger partial charge in [0.05, 0.1) is 35.6 Å². The fourth-order valence-electron chi connectivity index (χ4n) is 4.49. The third kappa shape index (κ3) is 5.39. The monoisotopic (exact) mass is 559 g/mol. The molecule has 0 saturated carbocycles. The normalized spacial score (nSPS) is 15.0. The van der Waals surface area contributed by atoms with Crippen LogP contribution in [0.25, 0.3) is 6.08 Å². The number of para-hydroxylation sites is 1. The minimum atomic E-state index is -0.691. The molecule has 1 amide bonds. The molecule has 0 fully saturated rings. The summed E-state index contributed by atoms with van der Waals surface area (Å²) in [6, 6.07) is 21.1. The molecule has 0 bridgehead atoms. The van der Waals surface area contributed by atoms with Crippen LogP contribution in [0.3, 0.4) is 0 Å². The van der Waals surface area contributed by atoms with Crippen LogP contribution < -0.4 is 29.7 Å². The van der Waals surface area contributed by atoms with E-state index in [2.05, 4.69) is 5.32 Å². The summed E-state index contributed by atoms with van der Waals surface area (Å²) in [6.07, 6.45) is 1.76. The third-order valence-corrected chi connectivity index (χ3v) is 7.51. The van der Waals surface area contributed by atoms with Gasteiger partial charge in [0.25, 0.3) is 11.5 Å². The molecule has 9 heteroatoms. The molecular weight excluding hydrogens is 534 g/mol. The van der Waals surface area contributed by atoms with Gasteiger partial charge < -0.3 is 14.8 Å². The van der Waals surface area contributed by atoms with Gasteiger partial charge in [-0.2, -0.15) is 0 Å². The quantitative estimate of drug-likeness (QED) is 0.348. The van der Waals surface area contributed by atoms with Crippen molar-refractivity contribution < 1.29 is 14.3 Å². The number of thiazole rings is 1. The summed E-state index contributed by atoms with van der Waals surface area (Å²) >= 11 is 7.51. The Labute approximate surface area is 234 Å². The van der Waals surface area contributed by atoms with Gasteiger partial charge in [0.15, 0.2) is 4.80 Å². The van der Waals surface area contributed by atoms with Crippen molar-refractivity contribution in [2.24, 2.45) is 4.99 Å². The Morgan fingerprint density at radius 1 is 1.13 bits per heavy atom. The minimum absolute atomic E-state index is 0.264. The van der Waals surface area contributed by atoms with E-state index in [0.717, 1.165) is 5.56 Å². The maximum Gasteiger partial charge on any atom is 0.271 e. The van der Waals surface area contributed by atoms with Gasteiger partial charge in [-0.3, -0.25) is 14.2 Å². The van der Waals surface area contributed by atoms with Crippen molar-refractivity contribution in [2.75, 3.05) is 19.0 Å². The van der Waals surface area contributed by atoms with Crippen molar-refractivity contribution in [1.29, 1.82) is 0 Å². The average molecular weight is 560 g/mol. The van der Waals surface area contributed by atoms with E-state index in [9.17, 15) is 9.59 Å². The maximum absolute atomic E-state index is 13.9. The van der Waals surface area contributed by atoms with Crippen molar-refractivity contribution in [3.8, 4) is 11.5 Å². The highest BCUT2D eigenvalue weighted by atomic mass is 35.5. The average Bonchev–Trinajstić information content (AvgIpc) is 3.24. The van der Waals surface area contributed by atoms with Gasteiger partial charge >= 0.3 is 0 Å². The summed E-state index contributed by atoms with van der Waals surface area (Å²) in [7, 11) is 1.59. The van der Waals surface area contributed by atoms with Gasteiger partial charge in [-0.25, -0.2) is 4.99 Å². The number of amides is 1.